The van der Waals surface area contributed by atoms with Crippen molar-refractivity contribution in [2.24, 2.45) is 0 Å². The van der Waals surface area contributed by atoms with Gasteiger partial charge >= 0.3 is 0 Å². The number of benzene rings is 2. The van der Waals surface area contributed by atoms with Crippen molar-refractivity contribution in [2.45, 2.75) is 6.61 Å². The lowest BCUT2D eigenvalue weighted by atomic mass is 9.97. The van der Waals surface area contributed by atoms with E-state index < -0.39 is 5.82 Å². The smallest absolute Gasteiger partial charge is 0.141 e. The van der Waals surface area contributed by atoms with Gasteiger partial charge in [-0.25, -0.2) is 4.39 Å². The Hall–Kier alpha value is -0.860. The molecule has 0 saturated carbocycles. The lowest BCUT2D eigenvalue weighted by molar-refractivity contribution is 0.185. The van der Waals surface area contributed by atoms with Crippen LogP contribution < -0.4 is 0 Å². The van der Waals surface area contributed by atoms with Gasteiger partial charge in [0.05, 0.1) is 20.2 Å². The number of aromatic hydroxyl groups is 2. The van der Waals surface area contributed by atoms with Crippen molar-refractivity contribution in [3.05, 3.63) is 43.7 Å². The molecular formula is C14H11BrFIO3. The molecule has 0 aromatic heterocycles. The minimum Gasteiger partial charge on any atom is -0.506 e. The van der Waals surface area contributed by atoms with Gasteiger partial charge in [-0.15, -0.1) is 0 Å². The van der Waals surface area contributed by atoms with Gasteiger partial charge in [-0.3, -0.25) is 0 Å². The van der Waals surface area contributed by atoms with E-state index in [2.05, 4.69) is 15.9 Å². The van der Waals surface area contributed by atoms with E-state index in [1.807, 2.05) is 22.6 Å². The zero-order chi connectivity index (χ0) is 14.9. The molecule has 6 heteroatoms. The van der Waals surface area contributed by atoms with Gasteiger partial charge in [-0.1, -0.05) is 12.1 Å². The van der Waals surface area contributed by atoms with Crippen LogP contribution in [0.1, 0.15) is 5.56 Å². The van der Waals surface area contributed by atoms with Crippen molar-refractivity contribution in [1.82, 2.24) is 0 Å². The second kappa shape index (κ2) is 6.28. The molecule has 0 atom stereocenters. The number of ether oxygens (including phenoxy) is 1. The van der Waals surface area contributed by atoms with Crippen LogP contribution in [0.2, 0.25) is 0 Å². The van der Waals surface area contributed by atoms with E-state index in [0.29, 0.717) is 13.6 Å². The highest BCUT2D eigenvalue weighted by Gasteiger charge is 2.22. The van der Waals surface area contributed by atoms with Crippen LogP contribution in [0, 0.1) is 9.39 Å². The minimum atomic E-state index is -0.529. The first-order valence-corrected chi connectivity index (χ1v) is 7.51. The number of rotatable bonds is 3. The summed E-state index contributed by atoms with van der Waals surface area (Å²) in [5, 5.41) is 20.3. The van der Waals surface area contributed by atoms with E-state index in [0.717, 1.165) is 0 Å². The molecule has 0 fully saturated rings. The summed E-state index contributed by atoms with van der Waals surface area (Å²) in [7, 11) is 1.50. The lowest BCUT2D eigenvalue weighted by Gasteiger charge is -2.15. The number of halogens is 3. The second-order valence-corrected chi connectivity index (χ2v) is 6.14. The Kier molecular flexibility index (Phi) is 4.87. The molecule has 0 amide bonds. The quantitative estimate of drug-likeness (QED) is 0.678. The summed E-state index contributed by atoms with van der Waals surface area (Å²) in [4.78, 5) is 0. The molecule has 0 unspecified atom stereocenters. The zero-order valence-corrected chi connectivity index (χ0v) is 14.2. The molecule has 0 heterocycles. The zero-order valence-electron chi connectivity index (χ0n) is 10.5. The van der Waals surface area contributed by atoms with Gasteiger partial charge in [-0.05, 0) is 56.2 Å². The second-order valence-electron chi connectivity index (χ2n) is 4.12. The predicted molar refractivity (Wildman–Crippen MR) is 86.3 cm³/mol. The fraction of sp³-hybridized carbons (Fsp3) is 0.143. The fourth-order valence-corrected chi connectivity index (χ4v) is 3.40. The maximum absolute atomic E-state index is 14.2. The first-order chi connectivity index (χ1) is 9.47. The lowest BCUT2D eigenvalue weighted by Crippen LogP contribution is -1.97. The van der Waals surface area contributed by atoms with Crippen LogP contribution in [0.3, 0.4) is 0 Å². The van der Waals surface area contributed by atoms with Crippen molar-refractivity contribution < 1.29 is 19.3 Å². The van der Waals surface area contributed by atoms with Crippen molar-refractivity contribution in [3.8, 4) is 22.6 Å². The summed E-state index contributed by atoms with van der Waals surface area (Å²) in [6.45, 7) is 0.176. The van der Waals surface area contributed by atoms with E-state index >= 15 is 0 Å². The van der Waals surface area contributed by atoms with Crippen LogP contribution in [0.4, 0.5) is 4.39 Å². The van der Waals surface area contributed by atoms with Gasteiger partial charge in [0.1, 0.15) is 17.3 Å². The maximum Gasteiger partial charge on any atom is 0.141 e. The average molecular weight is 453 g/mol. The van der Waals surface area contributed by atoms with E-state index in [1.54, 1.807) is 18.2 Å². The van der Waals surface area contributed by atoms with E-state index in [4.69, 9.17) is 4.74 Å². The molecule has 106 valence electrons. The normalized spacial score (nSPS) is 10.8. The van der Waals surface area contributed by atoms with Gasteiger partial charge in [0.15, 0.2) is 0 Å². The van der Waals surface area contributed by atoms with Crippen LogP contribution in [-0.2, 0) is 11.3 Å². The highest BCUT2D eigenvalue weighted by atomic mass is 127. The number of hydrogen-bond acceptors (Lipinski definition) is 3. The Labute approximate surface area is 137 Å². The standard InChI is InChI=1S/C14H11BrFIO3/c1-20-6-7-3-2-4-9(16)11(7)12-13(18)8(15)5-10(17)14(12)19/h2-5,18-19H,6H2,1H3. The van der Waals surface area contributed by atoms with E-state index in [-0.39, 0.29) is 29.2 Å². The number of phenols is 2. The molecule has 2 N–H and O–H groups in total. The largest absolute Gasteiger partial charge is 0.506 e. The Morgan fingerprint density at radius 3 is 2.60 bits per heavy atom. The Bertz CT molecular complexity index is 635. The highest BCUT2D eigenvalue weighted by molar-refractivity contribution is 14.1. The molecular weight excluding hydrogens is 442 g/mol. The maximum atomic E-state index is 14.2. The van der Waals surface area contributed by atoms with Crippen LogP contribution in [0.15, 0.2) is 28.7 Å². The number of phenolic OH excluding ortho intramolecular Hbond substituents is 2. The molecule has 2 aromatic carbocycles. The third kappa shape index (κ3) is 2.77. The van der Waals surface area contributed by atoms with Crippen molar-refractivity contribution in [1.29, 1.82) is 0 Å². The predicted octanol–water partition coefficient (Wildman–Crippen LogP) is 4.42. The van der Waals surface area contributed by atoms with Gasteiger partial charge in [0.25, 0.3) is 0 Å². The molecule has 0 spiro atoms. The highest BCUT2D eigenvalue weighted by Crippen LogP contribution is 2.46. The van der Waals surface area contributed by atoms with Gasteiger partial charge in [-0.2, -0.15) is 0 Å². The third-order valence-corrected chi connectivity index (χ3v) is 4.26. The summed E-state index contributed by atoms with van der Waals surface area (Å²) in [6.07, 6.45) is 0. The summed E-state index contributed by atoms with van der Waals surface area (Å²) >= 11 is 5.12. The van der Waals surface area contributed by atoms with Gasteiger partial charge in [0.2, 0.25) is 0 Å². The Morgan fingerprint density at radius 1 is 1.25 bits per heavy atom. The van der Waals surface area contributed by atoms with Gasteiger partial charge < -0.3 is 14.9 Å². The summed E-state index contributed by atoms with van der Waals surface area (Å²) < 4.78 is 20.1. The molecule has 3 nitrogen and oxygen atoms in total. The topological polar surface area (TPSA) is 49.7 Å². The molecule has 0 aliphatic carbocycles. The number of hydrogen-bond donors (Lipinski definition) is 2. The van der Waals surface area contributed by atoms with E-state index in [1.165, 1.54) is 13.2 Å². The summed E-state index contributed by atoms with van der Waals surface area (Å²) in [5.74, 6) is -0.891. The molecule has 0 bridgehead atoms. The molecule has 0 aliphatic heterocycles. The fourth-order valence-electron chi connectivity index (χ4n) is 1.96. The van der Waals surface area contributed by atoms with Crippen molar-refractivity contribution in [2.75, 3.05) is 7.11 Å². The minimum absolute atomic E-state index is 0.0638. The number of methoxy groups -OCH3 is 1. The van der Waals surface area contributed by atoms with Crippen LogP contribution >= 0.6 is 38.5 Å². The monoisotopic (exact) mass is 452 g/mol. The Balaban J connectivity index is 2.81. The van der Waals surface area contributed by atoms with Crippen molar-refractivity contribution in [3.63, 3.8) is 0 Å². The molecule has 0 aliphatic rings. The molecule has 0 radical (unpaired) electrons. The Morgan fingerprint density at radius 2 is 1.95 bits per heavy atom. The van der Waals surface area contributed by atoms with Crippen LogP contribution in [-0.4, -0.2) is 17.3 Å². The summed E-state index contributed by atoms with van der Waals surface area (Å²) in [5.41, 5.74) is 0.754. The summed E-state index contributed by atoms with van der Waals surface area (Å²) in [6, 6.07) is 6.09. The van der Waals surface area contributed by atoms with Crippen molar-refractivity contribution >= 4 is 38.5 Å². The van der Waals surface area contributed by atoms with Gasteiger partial charge in [0, 0.05) is 12.7 Å². The molecule has 2 rings (SSSR count). The SMILES string of the molecule is COCc1cccc(F)c1-c1c(O)c(Br)cc(I)c1O. The van der Waals surface area contributed by atoms with Crippen LogP contribution in [0.5, 0.6) is 11.5 Å². The first-order valence-electron chi connectivity index (χ1n) is 5.64. The van der Waals surface area contributed by atoms with E-state index in [9.17, 15) is 14.6 Å². The average Bonchev–Trinajstić information content (AvgIpc) is 2.40. The molecule has 20 heavy (non-hydrogen) atoms. The molecule has 0 saturated heterocycles. The third-order valence-electron chi connectivity index (χ3n) is 2.83. The van der Waals surface area contributed by atoms with Crippen LogP contribution in [0.25, 0.3) is 11.1 Å². The molecule has 2 aromatic rings. The first kappa shape index (κ1) is 15.5.